The van der Waals surface area contributed by atoms with E-state index in [4.69, 9.17) is 0 Å². The fraction of sp³-hybridized carbons (Fsp3) is 0.875. The molecule has 1 unspecified atom stereocenters. The molecule has 0 aromatic carbocycles. The van der Waals surface area contributed by atoms with Crippen LogP contribution in [-0.4, -0.2) is 11.4 Å². The highest BCUT2D eigenvalue weighted by Gasteiger charge is 2.05. The Bertz CT molecular complexity index is 101. The zero-order chi connectivity index (χ0) is 7.98. The minimum absolute atomic E-state index is 0.320. The first-order valence-electron chi connectivity index (χ1n) is 3.77. The van der Waals surface area contributed by atoms with Crippen LogP contribution in [0, 0.1) is 5.92 Å². The molecular formula is C8H16OS. The standard InChI is InChI=1S/C8H16OS/c1-4-5-7(2)6-8(9)10-3/h7H,4-6H2,1-3H3. The number of thioether (sulfide) groups is 1. The molecule has 0 rings (SSSR count). The monoisotopic (exact) mass is 160 g/mol. The van der Waals surface area contributed by atoms with Crippen molar-refractivity contribution in [3.8, 4) is 0 Å². The van der Waals surface area contributed by atoms with Crippen molar-refractivity contribution in [3.63, 3.8) is 0 Å². The second kappa shape index (κ2) is 5.78. The Balaban J connectivity index is 3.37. The molecule has 0 aromatic rings. The fourth-order valence-electron chi connectivity index (χ4n) is 0.963. The maximum absolute atomic E-state index is 10.9. The fourth-order valence-corrected chi connectivity index (χ4v) is 1.41. The topological polar surface area (TPSA) is 17.1 Å². The van der Waals surface area contributed by atoms with Crippen LogP contribution >= 0.6 is 11.8 Å². The van der Waals surface area contributed by atoms with Gasteiger partial charge in [-0.3, -0.25) is 4.79 Å². The van der Waals surface area contributed by atoms with Gasteiger partial charge in [0, 0.05) is 6.42 Å². The van der Waals surface area contributed by atoms with Gasteiger partial charge in [0.15, 0.2) is 5.12 Å². The summed E-state index contributed by atoms with van der Waals surface area (Å²) in [6, 6.07) is 0. The van der Waals surface area contributed by atoms with E-state index < -0.39 is 0 Å². The number of hydrogen-bond acceptors (Lipinski definition) is 2. The van der Waals surface area contributed by atoms with Crippen LogP contribution < -0.4 is 0 Å². The lowest BCUT2D eigenvalue weighted by Gasteiger charge is -2.06. The molecule has 0 amide bonds. The third-order valence-electron chi connectivity index (χ3n) is 1.52. The van der Waals surface area contributed by atoms with Crippen molar-refractivity contribution in [1.29, 1.82) is 0 Å². The van der Waals surface area contributed by atoms with Crippen molar-refractivity contribution < 1.29 is 4.79 Å². The third kappa shape index (κ3) is 4.86. The van der Waals surface area contributed by atoms with Crippen molar-refractivity contribution in [2.75, 3.05) is 6.26 Å². The van der Waals surface area contributed by atoms with Gasteiger partial charge in [0.1, 0.15) is 0 Å². The molecule has 0 heterocycles. The molecule has 1 atom stereocenters. The van der Waals surface area contributed by atoms with E-state index in [1.54, 1.807) is 0 Å². The molecule has 0 aromatic heterocycles. The van der Waals surface area contributed by atoms with Crippen molar-refractivity contribution in [2.24, 2.45) is 5.92 Å². The van der Waals surface area contributed by atoms with E-state index in [-0.39, 0.29) is 0 Å². The lowest BCUT2D eigenvalue weighted by molar-refractivity contribution is -0.111. The Hall–Kier alpha value is 0.0200. The van der Waals surface area contributed by atoms with Gasteiger partial charge in [0.25, 0.3) is 0 Å². The molecule has 0 aliphatic carbocycles. The van der Waals surface area contributed by atoms with E-state index in [2.05, 4.69) is 13.8 Å². The van der Waals surface area contributed by atoms with E-state index in [9.17, 15) is 4.79 Å². The molecule has 10 heavy (non-hydrogen) atoms. The first-order chi connectivity index (χ1) is 4.70. The molecule has 60 valence electrons. The van der Waals surface area contributed by atoms with Gasteiger partial charge in [-0.2, -0.15) is 0 Å². The maximum atomic E-state index is 10.9. The Morgan fingerprint density at radius 2 is 2.20 bits per heavy atom. The quantitative estimate of drug-likeness (QED) is 0.629. The lowest BCUT2D eigenvalue weighted by Crippen LogP contribution is -2.00. The number of carbonyl (C=O) groups excluding carboxylic acids is 1. The maximum Gasteiger partial charge on any atom is 0.188 e. The molecule has 0 bridgehead atoms. The number of hydrogen-bond donors (Lipinski definition) is 0. The molecule has 0 saturated heterocycles. The van der Waals surface area contributed by atoms with Crippen LogP contribution in [0.1, 0.15) is 33.1 Å². The SMILES string of the molecule is CCCC(C)CC(=O)SC. The molecule has 0 N–H and O–H groups in total. The summed E-state index contributed by atoms with van der Waals surface area (Å²) in [4.78, 5) is 10.9. The number of rotatable bonds is 4. The Kier molecular flexibility index (Phi) is 5.79. The summed E-state index contributed by atoms with van der Waals surface area (Å²) in [7, 11) is 0. The summed E-state index contributed by atoms with van der Waals surface area (Å²) in [6.07, 6.45) is 4.95. The van der Waals surface area contributed by atoms with Crippen LogP contribution in [0.2, 0.25) is 0 Å². The summed E-state index contributed by atoms with van der Waals surface area (Å²) in [5.41, 5.74) is 0. The van der Waals surface area contributed by atoms with Crippen LogP contribution in [0.3, 0.4) is 0 Å². The van der Waals surface area contributed by atoms with E-state index >= 15 is 0 Å². The summed E-state index contributed by atoms with van der Waals surface area (Å²) in [5, 5.41) is 0.320. The van der Waals surface area contributed by atoms with Crippen molar-refractivity contribution >= 4 is 16.9 Å². The zero-order valence-electron chi connectivity index (χ0n) is 7.02. The molecule has 0 spiro atoms. The molecule has 0 aliphatic rings. The average molecular weight is 160 g/mol. The van der Waals surface area contributed by atoms with Gasteiger partial charge in [-0.1, -0.05) is 38.5 Å². The van der Waals surface area contributed by atoms with Gasteiger partial charge in [0.05, 0.1) is 0 Å². The van der Waals surface area contributed by atoms with Crippen LogP contribution in [0.25, 0.3) is 0 Å². The minimum Gasteiger partial charge on any atom is -0.287 e. The van der Waals surface area contributed by atoms with E-state index in [0.29, 0.717) is 11.0 Å². The highest BCUT2D eigenvalue weighted by atomic mass is 32.2. The number of carbonyl (C=O) groups is 1. The zero-order valence-corrected chi connectivity index (χ0v) is 7.83. The Morgan fingerprint density at radius 1 is 1.60 bits per heavy atom. The van der Waals surface area contributed by atoms with Gasteiger partial charge in [-0.25, -0.2) is 0 Å². The van der Waals surface area contributed by atoms with Gasteiger partial charge in [-0.05, 0) is 12.2 Å². The predicted octanol–water partition coefficient (Wildman–Crippen LogP) is 2.70. The van der Waals surface area contributed by atoms with Crippen LogP contribution in [-0.2, 0) is 4.79 Å². The van der Waals surface area contributed by atoms with Crippen molar-refractivity contribution in [2.45, 2.75) is 33.1 Å². The van der Waals surface area contributed by atoms with Gasteiger partial charge in [0.2, 0.25) is 0 Å². The summed E-state index contributed by atoms with van der Waals surface area (Å²) < 4.78 is 0. The summed E-state index contributed by atoms with van der Waals surface area (Å²) >= 11 is 1.34. The highest BCUT2D eigenvalue weighted by Crippen LogP contribution is 2.13. The second-order valence-corrected chi connectivity index (χ2v) is 3.54. The average Bonchev–Trinajstić information content (AvgIpc) is 1.88. The second-order valence-electron chi connectivity index (χ2n) is 2.67. The molecule has 0 radical (unpaired) electrons. The molecule has 0 fully saturated rings. The van der Waals surface area contributed by atoms with Crippen molar-refractivity contribution in [3.05, 3.63) is 0 Å². The first-order valence-corrected chi connectivity index (χ1v) is 5.00. The minimum atomic E-state index is 0.320. The normalized spacial score (nSPS) is 13.1. The molecule has 2 heteroatoms. The van der Waals surface area contributed by atoms with Crippen LogP contribution in [0.5, 0.6) is 0 Å². The Morgan fingerprint density at radius 3 is 2.60 bits per heavy atom. The molecular weight excluding hydrogens is 144 g/mol. The van der Waals surface area contributed by atoms with E-state index in [1.165, 1.54) is 24.6 Å². The predicted molar refractivity (Wildman–Crippen MR) is 47.2 cm³/mol. The third-order valence-corrected chi connectivity index (χ3v) is 2.15. The van der Waals surface area contributed by atoms with E-state index in [1.807, 2.05) is 6.26 Å². The summed E-state index contributed by atoms with van der Waals surface area (Å²) in [5.74, 6) is 0.574. The van der Waals surface area contributed by atoms with Gasteiger partial charge < -0.3 is 0 Å². The summed E-state index contributed by atoms with van der Waals surface area (Å²) in [6.45, 7) is 4.29. The van der Waals surface area contributed by atoms with E-state index in [0.717, 1.165) is 6.42 Å². The molecule has 1 nitrogen and oxygen atoms in total. The van der Waals surface area contributed by atoms with Crippen molar-refractivity contribution in [1.82, 2.24) is 0 Å². The van der Waals surface area contributed by atoms with Crippen LogP contribution in [0.4, 0.5) is 0 Å². The largest absolute Gasteiger partial charge is 0.287 e. The highest BCUT2D eigenvalue weighted by molar-refractivity contribution is 8.13. The van der Waals surface area contributed by atoms with Crippen LogP contribution in [0.15, 0.2) is 0 Å². The first kappa shape index (κ1) is 10.0. The molecule has 0 saturated carbocycles. The Labute approximate surface area is 67.6 Å². The van der Waals surface area contributed by atoms with Gasteiger partial charge in [-0.15, -0.1) is 0 Å². The smallest absolute Gasteiger partial charge is 0.188 e. The van der Waals surface area contributed by atoms with Gasteiger partial charge >= 0.3 is 0 Å². The lowest BCUT2D eigenvalue weighted by atomic mass is 10.0. The molecule has 0 aliphatic heterocycles.